The summed E-state index contributed by atoms with van der Waals surface area (Å²) < 4.78 is 9.18. The number of nitrogens with one attached hydrogen (secondary N) is 2. The second-order valence-corrected chi connectivity index (χ2v) is 10.8. The molecule has 1 aromatic heterocycles. The standard InChI is InChI=1S/C19H28N6O3.C8H10O.C4H10ClN3.CH3ClO/c1-25(18(27)13-22-17(26)12-21)15(9-5-6-10-20)19-23-16(24-28-19)11-14-7-3-2-4-8-14;1-6-3-4-8(9)5-7(6)2;1-2-3-7-4(6)8-5;1-3-2/h2-4,7-8,15H,5-6,9-13,20-21H2,1H3,(H,22,26);3-5,9H,1-2H3;2-3H2,1H3,(H3,6,7,8);1H3. The number of hydrogen-bond donors (Lipinski definition) is 6. The molecule has 268 valence electrons. The number of hydrogen-bond acceptors (Lipinski definition) is 10. The summed E-state index contributed by atoms with van der Waals surface area (Å²) in [7, 11) is 3.05. The van der Waals surface area contributed by atoms with Crippen LogP contribution < -0.4 is 27.4 Å². The number of phenolic OH excluding ortho intramolecular Hbond substituents is 1. The van der Waals surface area contributed by atoms with E-state index in [-0.39, 0.29) is 36.9 Å². The summed E-state index contributed by atoms with van der Waals surface area (Å²) in [6.45, 7) is 7.02. The topological polar surface area (TPSA) is 220 Å². The van der Waals surface area contributed by atoms with E-state index >= 15 is 0 Å². The number of aromatic nitrogens is 2. The Morgan fingerprint density at radius 1 is 1.12 bits per heavy atom. The number of rotatable bonds is 13. The summed E-state index contributed by atoms with van der Waals surface area (Å²) in [6, 6.07) is 14.8. The third-order valence-corrected chi connectivity index (χ3v) is 6.68. The molecule has 2 amide bonds. The molecule has 0 aliphatic carbocycles. The molecular formula is C32H51Cl2N9O5. The van der Waals surface area contributed by atoms with Crippen molar-refractivity contribution in [2.45, 2.75) is 58.9 Å². The highest BCUT2D eigenvalue weighted by Crippen LogP contribution is 2.24. The fraction of sp³-hybridized carbons (Fsp3) is 0.469. The van der Waals surface area contributed by atoms with Crippen LogP contribution >= 0.6 is 23.6 Å². The summed E-state index contributed by atoms with van der Waals surface area (Å²) in [5.74, 6) is 0.921. The van der Waals surface area contributed by atoms with Gasteiger partial charge in [0.25, 0.3) is 0 Å². The molecule has 0 spiro atoms. The zero-order valence-corrected chi connectivity index (χ0v) is 29.9. The molecule has 2 aromatic carbocycles. The van der Waals surface area contributed by atoms with Gasteiger partial charge in [-0.1, -0.05) is 48.5 Å². The van der Waals surface area contributed by atoms with Crippen LogP contribution in [0.4, 0.5) is 0 Å². The number of carbonyl (C=O) groups excluding carboxylic acids is 2. The number of halogens is 2. The Balaban J connectivity index is 0.000000893. The lowest BCUT2D eigenvalue weighted by Crippen LogP contribution is -2.41. The van der Waals surface area contributed by atoms with Crippen molar-refractivity contribution in [3.05, 3.63) is 76.9 Å². The van der Waals surface area contributed by atoms with E-state index < -0.39 is 0 Å². The first-order chi connectivity index (χ1) is 23.0. The Kier molecular flexibility index (Phi) is 24.8. The second kappa shape index (κ2) is 27.0. The minimum absolute atomic E-state index is 0.134. The van der Waals surface area contributed by atoms with Gasteiger partial charge in [0.15, 0.2) is 5.82 Å². The highest BCUT2D eigenvalue weighted by Gasteiger charge is 2.27. The van der Waals surface area contributed by atoms with E-state index in [4.69, 9.17) is 38.6 Å². The van der Waals surface area contributed by atoms with Crippen molar-refractivity contribution in [3.8, 4) is 5.75 Å². The largest absolute Gasteiger partial charge is 0.508 e. The molecule has 16 heteroatoms. The van der Waals surface area contributed by atoms with Crippen molar-refractivity contribution in [2.24, 2.45) is 22.2 Å². The number of nitrogens with two attached hydrogens (primary N) is 3. The van der Waals surface area contributed by atoms with Gasteiger partial charge in [0, 0.05) is 31.8 Å². The lowest BCUT2D eigenvalue weighted by atomic mass is 10.1. The van der Waals surface area contributed by atoms with E-state index in [0.717, 1.165) is 36.9 Å². The predicted octanol–water partition coefficient (Wildman–Crippen LogP) is 3.61. The molecule has 14 nitrogen and oxygen atoms in total. The average Bonchev–Trinajstić information content (AvgIpc) is 3.55. The van der Waals surface area contributed by atoms with Gasteiger partial charge >= 0.3 is 0 Å². The molecule has 1 unspecified atom stereocenters. The molecule has 48 heavy (non-hydrogen) atoms. The number of guanidine groups is 1. The van der Waals surface area contributed by atoms with Gasteiger partial charge in [0.05, 0.1) is 32.1 Å². The number of phenols is 1. The molecule has 3 rings (SSSR count). The summed E-state index contributed by atoms with van der Waals surface area (Å²) in [5.41, 5.74) is 19.4. The van der Waals surface area contributed by atoms with Crippen LogP contribution in [0.2, 0.25) is 0 Å². The zero-order valence-electron chi connectivity index (χ0n) is 28.4. The van der Waals surface area contributed by atoms with Crippen LogP contribution in [-0.4, -0.2) is 78.3 Å². The maximum Gasteiger partial charge on any atom is 0.249 e. The third-order valence-electron chi connectivity index (χ3n) is 6.48. The van der Waals surface area contributed by atoms with E-state index in [2.05, 4.69) is 41.4 Å². The first-order valence-corrected chi connectivity index (χ1v) is 16.0. The molecule has 0 aliphatic heterocycles. The molecule has 0 bridgehead atoms. The quantitative estimate of drug-likeness (QED) is 0.0651. The second-order valence-electron chi connectivity index (χ2n) is 10.3. The number of unbranched alkanes of at least 4 members (excludes halogenated alkanes) is 1. The van der Waals surface area contributed by atoms with E-state index in [0.29, 0.717) is 36.9 Å². The van der Waals surface area contributed by atoms with Gasteiger partial charge in [0.1, 0.15) is 11.8 Å². The van der Waals surface area contributed by atoms with Crippen molar-refractivity contribution in [2.75, 3.05) is 40.3 Å². The molecule has 0 radical (unpaired) electrons. The molecule has 9 N–H and O–H groups in total. The van der Waals surface area contributed by atoms with Crippen molar-refractivity contribution >= 4 is 41.4 Å². The van der Waals surface area contributed by atoms with Crippen molar-refractivity contribution < 1.29 is 23.5 Å². The van der Waals surface area contributed by atoms with Gasteiger partial charge in [-0.05, 0) is 74.9 Å². The van der Waals surface area contributed by atoms with Crippen molar-refractivity contribution in [1.82, 2.24) is 25.2 Å². The van der Waals surface area contributed by atoms with Crippen LogP contribution in [0, 0.1) is 13.8 Å². The van der Waals surface area contributed by atoms with E-state index in [9.17, 15) is 9.59 Å². The van der Waals surface area contributed by atoms with Crippen molar-refractivity contribution in [3.63, 3.8) is 0 Å². The summed E-state index contributed by atoms with van der Waals surface area (Å²) in [6.07, 6.45) is 3.80. The van der Waals surface area contributed by atoms with Crippen molar-refractivity contribution in [1.29, 1.82) is 0 Å². The van der Waals surface area contributed by atoms with Gasteiger partial charge in [-0.25, -0.2) is 0 Å². The number of benzene rings is 2. The summed E-state index contributed by atoms with van der Waals surface area (Å²) in [4.78, 5) is 35.8. The van der Waals surface area contributed by atoms with E-state index in [1.165, 1.54) is 17.6 Å². The minimum atomic E-state index is -0.385. The minimum Gasteiger partial charge on any atom is -0.508 e. The number of carbonyl (C=O) groups is 2. The van der Waals surface area contributed by atoms with Crippen LogP contribution in [0.1, 0.15) is 67.1 Å². The number of aryl methyl sites for hydroxylation is 2. The maximum absolute atomic E-state index is 12.5. The highest BCUT2D eigenvalue weighted by atomic mass is 35.5. The average molecular weight is 713 g/mol. The number of likely N-dealkylation sites (N-methyl/N-ethyl adjacent to an activating group) is 1. The molecule has 3 aromatic rings. The normalized spacial score (nSPS) is 11.0. The number of amides is 2. The van der Waals surface area contributed by atoms with Gasteiger partial charge in [0.2, 0.25) is 23.7 Å². The fourth-order valence-electron chi connectivity index (χ4n) is 3.75. The predicted molar refractivity (Wildman–Crippen MR) is 190 cm³/mol. The number of nitrogens with zero attached hydrogens (tertiary/aromatic N) is 4. The molecule has 0 aliphatic rings. The molecule has 0 saturated heterocycles. The SMILES string of the molecule is CCCN=C(N)NCl.CN(C(=O)CNC(=O)CN)C(CCCCN)c1nc(Cc2ccccc2)no1.COCl.Cc1ccc(O)cc1C. The lowest BCUT2D eigenvalue weighted by molar-refractivity contribution is -0.134. The summed E-state index contributed by atoms with van der Waals surface area (Å²) in [5, 5.41) is 15.5. The van der Waals surface area contributed by atoms with Crippen LogP contribution in [0.3, 0.4) is 0 Å². The fourth-order valence-corrected chi connectivity index (χ4v) is 3.81. The van der Waals surface area contributed by atoms with Gasteiger partial charge < -0.3 is 37.0 Å². The van der Waals surface area contributed by atoms with E-state index in [1.54, 1.807) is 19.2 Å². The first-order valence-electron chi connectivity index (χ1n) is 15.3. The Labute approximate surface area is 293 Å². The van der Waals surface area contributed by atoms with E-state index in [1.807, 2.05) is 57.2 Å². The Morgan fingerprint density at radius 3 is 2.33 bits per heavy atom. The van der Waals surface area contributed by atoms with Gasteiger partial charge in [-0.15, -0.1) is 0 Å². The molecule has 0 fully saturated rings. The lowest BCUT2D eigenvalue weighted by Gasteiger charge is -2.25. The van der Waals surface area contributed by atoms with Crippen LogP contribution in [-0.2, 0) is 20.3 Å². The molecule has 1 atom stereocenters. The number of aromatic hydroxyl groups is 1. The zero-order chi connectivity index (χ0) is 36.3. The summed E-state index contributed by atoms with van der Waals surface area (Å²) >= 11 is 9.58. The van der Waals surface area contributed by atoms with Gasteiger partial charge in [-0.3, -0.25) is 23.7 Å². The van der Waals surface area contributed by atoms with Crippen LogP contribution in [0.25, 0.3) is 0 Å². The third kappa shape index (κ3) is 19.7. The van der Waals surface area contributed by atoms with Gasteiger partial charge in [-0.2, -0.15) is 4.98 Å². The van der Waals surface area contributed by atoms with Crippen LogP contribution in [0.15, 0.2) is 58.0 Å². The smallest absolute Gasteiger partial charge is 0.249 e. The monoisotopic (exact) mass is 711 g/mol. The van der Waals surface area contributed by atoms with Crippen LogP contribution in [0.5, 0.6) is 5.75 Å². The Hall–Kier alpha value is -3.95. The first kappa shape index (κ1) is 44.0. The highest BCUT2D eigenvalue weighted by molar-refractivity contribution is 6.21. The molecule has 0 saturated carbocycles. The molecule has 1 heterocycles. The Bertz CT molecular complexity index is 1330. The molecular weight excluding hydrogens is 661 g/mol. The Morgan fingerprint density at radius 2 is 1.79 bits per heavy atom. The maximum atomic E-state index is 12.5. The number of aliphatic imine (C=N–C) groups is 1.